The average Bonchev–Trinajstić information content (AvgIpc) is 2.32. The lowest BCUT2D eigenvalue weighted by atomic mass is 10.2. The Bertz CT molecular complexity index is 440. The predicted molar refractivity (Wildman–Crippen MR) is 62.6 cm³/mol. The summed E-state index contributed by atoms with van der Waals surface area (Å²) in [7, 11) is 0. The molecule has 0 aliphatic rings. The monoisotopic (exact) mass is 258 g/mol. The first-order valence-corrected chi connectivity index (χ1v) is 5.25. The average molecular weight is 258 g/mol. The van der Waals surface area contributed by atoms with Gasteiger partial charge in [-0.15, -0.1) is 6.58 Å². The fourth-order valence-corrected chi connectivity index (χ4v) is 1.28. The molecule has 0 aliphatic carbocycles. The summed E-state index contributed by atoms with van der Waals surface area (Å²) in [6, 6.07) is 0.861. The largest absolute Gasteiger partial charge is 0.374 e. The number of rotatable bonds is 5. The number of hydrogen-bond acceptors (Lipinski definition) is 2. The maximum Gasteiger partial charge on any atom is 0.242 e. The molecule has 1 rings (SSSR count). The Kier molecular flexibility index (Phi) is 4.76. The number of hydrogen-bond donors (Lipinski definition) is 2. The number of amides is 1. The van der Waals surface area contributed by atoms with Gasteiger partial charge in [-0.3, -0.25) is 4.79 Å². The maximum absolute atomic E-state index is 12.9. The molecule has 98 valence electrons. The highest BCUT2D eigenvalue weighted by molar-refractivity contribution is 5.84. The van der Waals surface area contributed by atoms with Crippen LogP contribution in [0.1, 0.15) is 6.92 Å². The number of carbonyl (C=O) groups is 1. The van der Waals surface area contributed by atoms with Crippen molar-refractivity contribution >= 4 is 11.6 Å². The summed E-state index contributed by atoms with van der Waals surface area (Å²) < 4.78 is 38.6. The number of halogens is 3. The predicted octanol–water partition coefficient (Wildman–Crippen LogP) is 2.21. The van der Waals surface area contributed by atoms with Gasteiger partial charge in [0.05, 0.1) is 0 Å². The number of carbonyl (C=O) groups excluding carboxylic acids is 1. The fourth-order valence-electron chi connectivity index (χ4n) is 1.28. The van der Waals surface area contributed by atoms with Crippen molar-refractivity contribution in [1.29, 1.82) is 0 Å². The Morgan fingerprint density at radius 3 is 2.44 bits per heavy atom. The minimum atomic E-state index is -1.54. The van der Waals surface area contributed by atoms with Crippen LogP contribution in [0.3, 0.4) is 0 Å². The van der Waals surface area contributed by atoms with Crippen LogP contribution < -0.4 is 10.6 Å². The molecule has 2 N–H and O–H groups in total. The second kappa shape index (κ2) is 6.09. The van der Waals surface area contributed by atoms with Crippen LogP contribution in [0.2, 0.25) is 0 Å². The summed E-state index contributed by atoms with van der Waals surface area (Å²) in [6.45, 7) is 5.23. The van der Waals surface area contributed by atoms with Crippen molar-refractivity contribution in [2.24, 2.45) is 0 Å². The molecule has 1 amide bonds. The molecular formula is C12H13F3N2O. The van der Waals surface area contributed by atoms with E-state index < -0.39 is 23.5 Å². The fraction of sp³-hybridized carbons (Fsp3) is 0.250. The van der Waals surface area contributed by atoms with Crippen molar-refractivity contribution in [2.75, 3.05) is 11.9 Å². The molecule has 0 heterocycles. The zero-order valence-corrected chi connectivity index (χ0v) is 9.77. The first-order valence-electron chi connectivity index (χ1n) is 5.25. The Morgan fingerprint density at radius 1 is 1.39 bits per heavy atom. The van der Waals surface area contributed by atoms with Gasteiger partial charge in [-0.2, -0.15) is 0 Å². The molecule has 1 aromatic carbocycles. The van der Waals surface area contributed by atoms with Crippen molar-refractivity contribution in [1.82, 2.24) is 5.32 Å². The quantitative estimate of drug-likeness (QED) is 0.628. The third kappa shape index (κ3) is 3.51. The summed E-state index contributed by atoms with van der Waals surface area (Å²) in [6.07, 6.45) is 1.50. The van der Waals surface area contributed by atoms with Gasteiger partial charge in [-0.25, -0.2) is 13.2 Å². The minimum Gasteiger partial charge on any atom is -0.374 e. The molecule has 0 fully saturated rings. The molecule has 1 atom stereocenters. The van der Waals surface area contributed by atoms with Crippen LogP contribution in [0.15, 0.2) is 24.8 Å². The molecule has 3 nitrogen and oxygen atoms in total. The topological polar surface area (TPSA) is 41.1 Å². The van der Waals surface area contributed by atoms with Crippen LogP contribution in [-0.4, -0.2) is 18.5 Å². The van der Waals surface area contributed by atoms with Gasteiger partial charge in [0, 0.05) is 24.4 Å². The SMILES string of the molecule is C=CCNC(=O)C(C)Nc1cc(F)c(F)c(F)c1. The molecule has 0 radical (unpaired) electrons. The standard InChI is InChI=1S/C12H13F3N2O/c1-3-4-16-12(18)7(2)17-8-5-9(13)11(15)10(14)6-8/h3,5-7,17H,1,4H2,2H3,(H,16,18). The Morgan fingerprint density at radius 2 is 1.94 bits per heavy atom. The summed E-state index contributed by atoms with van der Waals surface area (Å²) in [5.74, 6) is -4.52. The maximum atomic E-state index is 12.9. The van der Waals surface area contributed by atoms with Gasteiger partial charge in [-0.1, -0.05) is 6.08 Å². The van der Waals surface area contributed by atoms with Gasteiger partial charge in [0.25, 0.3) is 0 Å². The van der Waals surface area contributed by atoms with Gasteiger partial charge in [0.2, 0.25) is 5.91 Å². The van der Waals surface area contributed by atoms with E-state index in [2.05, 4.69) is 17.2 Å². The van der Waals surface area contributed by atoms with Crippen molar-refractivity contribution in [2.45, 2.75) is 13.0 Å². The third-order valence-corrected chi connectivity index (χ3v) is 2.18. The number of nitrogens with one attached hydrogen (secondary N) is 2. The van der Waals surface area contributed by atoms with Crippen LogP contribution in [0.5, 0.6) is 0 Å². The molecular weight excluding hydrogens is 245 g/mol. The van der Waals surface area contributed by atoms with E-state index in [1.807, 2.05) is 0 Å². The van der Waals surface area contributed by atoms with Crippen molar-refractivity contribution in [3.63, 3.8) is 0 Å². The van der Waals surface area contributed by atoms with Gasteiger partial charge < -0.3 is 10.6 Å². The van der Waals surface area contributed by atoms with Gasteiger partial charge >= 0.3 is 0 Å². The second-order valence-electron chi connectivity index (χ2n) is 3.65. The lowest BCUT2D eigenvalue weighted by Gasteiger charge is -2.14. The summed E-state index contributed by atoms with van der Waals surface area (Å²) >= 11 is 0. The molecule has 0 saturated carbocycles. The molecule has 0 bridgehead atoms. The molecule has 0 spiro atoms. The highest BCUT2D eigenvalue weighted by Crippen LogP contribution is 2.17. The summed E-state index contributed by atoms with van der Waals surface area (Å²) in [5, 5.41) is 5.08. The van der Waals surface area contributed by atoms with Gasteiger partial charge in [-0.05, 0) is 6.92 Å². The summed E-state index contributed by atoms with van der Waals surface area (Å²) in [4.78, 5) is 11.5. The Hall–Kier alpha value is -1.98. The van der Waals surface area contributed by atoms with E-state index in [0.29, 0.717) is 0 Å². The molecule has 1 unspecified atom stereocenters. The Labute approximate surface area is 103 Å². The highest BCUT2D eigenvalue weighted by atomic mass is 19.2. The smallest absolute Gasteiger partial charge is 0.242 e. The minimum absolute atomic E-state index is 0.00680. The van der Waals surface area contributed by atoms with Gasteiger partial charge in [0.1, 0.15) is 6.04 Å². The van der Waals surface area contributed by atoms with E-state index in [-0.39, 0.29) is 18.1 Å². The zero-order chi connectivity index (χ0) is 13.7. The normalized spacial score (nSPS) is 11.8. The second-order valence-corrected chi connectivity index (χ2v) is 3.65. The van der Waals surface area contributed by atoms with Crippen LogP contribution in [-0.2, 0) is 4.79 Å². The van der Waals surface area contributed by atoms with E-state index >= 15 is 0 Å². The van der Waals surface area contributed by atoms with Crippen LogP contribution >= 0.6 is 0 Å². The van der Waals surface area contributed by atoms with E-state index in [1.54, 1.807) is 0 Å². The zero-order valence-electron chi connectivity index (χ0n) is 9.77. The van der Waals surface area contributed by atoms with Gasteiger partial charge in [0.15, 0.2) is 17.5 Å². The number of benzene rings is 1. The first-order chi connectivity index (χ1) is 8.45. The van der Waals surface area contributed by atoms with Crippen LogP contribution in [0.4, 0.5) is 18.9 Å². The first kappa shape index (κ1) is 14.1. The van der Waals surface area contributed by atoms with Crippen molar-refractivity contribution in [3.8, 4) is 0 Å². The van der Waals surface area contributed by atoms with Crippen molar-refractivity contribution < 1.29 is 18.0 Å². The molecule has 0 aromatic heterocycles. The highest BCUT2D eigenvalue weighted by Gasteiger charge is 2.15. The van der Waals surface area contributed by atoms with E-state index in [4.69, 9.17) is 0 Å². The molecule has 18 heavy (non-hydrogen) atoms. The molecule has 6 heteroatoms. The Balaban J connectivity index is 2.72. The molecule has 0 aliphatic heterocycles. The van der Waals surface area contributed by atoms with Crippen LogP contribution in [0.25, 0.3) is 0 Å². The summed E-state index contributed by atoms with van der Waals surface area (Å²) in [5.41, 5.74) is -0.00680. The van der Waals surface area contributed by atoms with Crippen molar-refractivity contribution in [3.05, 3.63) is 42.2 Å². The van der Waals surface area contributed by atoms with E-state index in [0.717, 1.165) is 12.1 Å². The van der Waals surface area contributed by atoms with Crippen LogP contribution in [0, 0.1) is 17.5 Å². The molecule has 1 aromatic rings. The van der Waals surface area contributed by atoms with E-state index in [9.17, 15) is 18.0 Å². The lowest BCUT2D eigenvalue weighted by molar-refractivity contribution is -0.121. The van der Waals surface area contributed by atoms with E-state index in [1.165, 1.54) is 13.0 Å². The number of anilines is 1. The third-order valence-electron chi connectivity index (χ3n) is 2.18. The lowest BCUT2D eigenvalue weighted by Crippen LogP contribution is -2.37. The molecule has 0 saturated heterocycles.